The van der Waals surface area contributed by atoms with Gasteiger partial charge in [0.25, 0.3) is 0 Å². The van der Waals surface area contributed by atoms with Gasteiger partial charge >= 0.3 is 0 Å². The fourth-order valence-corrected chi connectivity index (χ4v) is 3.44. The number of hydrogen-bond donors (Lipinski definition) is 1. The van der Waals surface area contributed by atoms with E-state index < -0.39 is 0 Å². The van der Waals surface area contributed by atoms with Crippen molar-refractivity contribution < 1.29 is 0 Å². The average molecular weight is 286 g/mol. The van der Waals surface area contributed by atoms with Crippen LogP contribution in [0.3, 0.4) is 0 Å². The summed E-state index contributed by atoms with van der Waals surface area (Å²) in [6.45, 7) is 5.20. The molecule has 4 nitrogen and oxygen atoms in total. The maximum atomic E-state index is 4.83. The summed E-state index contributed by atoms with van der Waals surface area (Å²) in [6, 6.07) is 0.604. The van der Waals surface area contributed by atoms with Crippen LogP contribution in [0.5, 0.6) is 0 Å². The minimum atomic E-state index is 0.110. The van der Waals surface area contributed by atoms with Crippen LogP contribution >= 0.6 is 0 Å². The lowest BCUT2D eigenvalue weighted by Crippen LogP contribution is -2.46. The van der Waals surface area contributed by atoms with Crippen LogP contribution in [0.4, 0.5) is 0 Å². The van der Waals surface area contributed by atoms with Gasteiger partial charge in [-0.25, -0.2) is 4.99 Å². The first-order valence-corrected chi connectivity index (χ1v) is 8.03. The quantitative estimate of drug-likeness (QED) is 0.862. The first-order valence-electron chi connectivity index (χ1n) is 8.03. The number of likely N-dealkylation sites (tertiary alicyclic amines) is 1. The smallest absolute Gasteiger partial charge is 0.127 e. The highest BCUT2D eigenvalue weighted by atomic mass is 15.3. The minimum Gasteiger partial charge on any atom is -0.355 e. The van der Waals surface area contributed by atoms with E-state index in [0.717, 1.165) is 38.4 Å². The summed E-state index contributed by atoms with van der Waals surface area (Å²) in [7, 11) is 2.04. The van der Waals surface area contributed by atoms with Gasteiger partial charge in [-0.15, -0.1) is 0 Å². The van der Waals surface area contributed by atoms with Crippen LogP contribution in [0.1, 0.15) is 26.2 Å². The summed E-state index contributed by atoms with van der Waals surface area (Å²) >= 11 is 0. The Kier molecular flexibility index (Phi) is 4.15. The largest absolute Gasteiger partial charge is 0.355 e. The molecule has 0 saturated carbocycles. The van der Waals surface area contributed by atoms with Crippen molar-refractivity contribution in [3.8, 4) is 0 Å². The molecule has 0 aromatic heterocycles. The third kappa shape index (κ3) is 2.77. The molecule has 1 saturated heterocycles. The Hall–Kier alpha value is -1.55. The number of likely N-dealkylation sites (N-methyl/N-ethyl adjacent to an activating group) is 1. The van der Waals surface area contributed by atoms with Crippen LogP contribution in [-0.2, 0) is 0 Å². The predicted octanol–water partition coefficient (Wildman–Crippen LogP) is 2.13. The highest BCUT2D eigenvalue weighted by molar-refractivity contribution is 5.93. The summed E-state index contributed by atoms with van der Waals surface area (Å²) in [5.41, 5.74) is 0.110. The fourth-order valence-electron chi connectivity index (χ4n) is 3.44. The second kappa shape index (κ2) is 6.06. The van der Waals surface area contributed by atoms with Gasteiger partial charge in [-0.2, -0.15) is 0 Å². The van der Waals surface area contributed by atoms with E-state index in [0.29, 0.717) is 6.04 Å². The predicted molar refractivity (Wildman–Crippen MR) is 88.2 cm³/mol. The number of hydrogen-bond acceptors (Lipinski definition) is 4. The van der Waals surface area contributed by atoms with Crippen molar-refractivity contribution in [3.05, 3.63) is 36.6 Å². The van der Waals surface area contributed by atoms with Crippen LogP contribution < -0.4 is 5.32 Å². The molecule has 21 heavy (non-hydrogen) atoms. The van der Waals surface area contributed by atoms with Crippen LogP contribution in [0.15, 0.2) is 41.6 Å². The number of rotatable bonds is 3. The van der Waals surface area contributed by atoms with Crippen molar-refractivity contribution in [3.63, 3.8) is 0 Å². The van der Waals surface area contributed by atoms with E-state index in [2.05, 4.69) is 58.6 Å². The number of allylic oxidation sites excluding steroid dienone is 2. The lowest BCUT2D eigenvalue weighted by Gasteiger charge is -2.42. The Bertz CT molecular complexity index is 491. The van der Waals surface area contributed by atoms with Gasteiger partial charge in [-0.3, -0.25) is 0 Å². The molecule has 2 aliphatic heterocycles. The van der Waals surface area contributed by atoms with Gasteiger partial charge < -0.3 is 15.1 Å². The molecule has 1 fully saturated rings. The van der Waals surface area contributed by atoms with Crippen LogP contribution in [0.2, 0.25) is 0 Å². The van der Waals surface area contributed by atoms with Crippen molar-refractivity contribution in [2.45, 2.75) is 37.8 Å². The molecule has 114 valence electrons. The number of nitrogens with zero attached hydrogens (tertiary/aromatic N) is 3. The number of amidine groups is 1. The van der Waals surface area contributed by atoms with Gasteiger partial charge in [0.05, 0.1) is 5.54 Å². The van der Waals surface area contributed by atoms with E-state index in [1.807, 2.05) is 7.05 Å². The van der Waals surface area contributed by atoms with E-state index >= 15 is 0 Å². The molecule has 0 aromatic carbocycles. The van der Waals surface area contributed by atoms with E-state index in [4.69, 9.17) is 4.99 Å². The summed E-state index contributed by atoms with van der Waals surface area (Å²) in [5, 5.41) is 3.36. The van der Waals surface area contributed by atoms with E-state index in [-0.39, 0.29) is 5.54 Å². The first kappa shape index (κ1) is 14.4. The molecule has 0 amide bonds. The van der Waals surface area contributed by atoms with Crippen molar-refractivity contribution in [2.24, 2.45) is 4.99 Å². The molecule has 1 N–H and O–H groups in total. The van der Waals surface area contributed by atoms with E-state index in [9.17, 15) is 0 Å². The molecule has 0 radical (unpaired) electrons. The van der Waals surface area contributed by atoms with Crippen LogP contribution in [-0.4, -0.2) is 54.0 Å². The molecule has 2 heterocycles. The zero-order chi connectivity index (χ0) is 14.7. The standard InChI is InChI=1S/C17H26N4/c1-3-17(9-5-4-6-10-17)21-12-8-16(19-14-21)20-11-7-15(13-20)18-2/h4-6,8-9,12,15,18H,3,7,10-11,13-14H2,1-2H3/t15-,17+/m1/s1. The molecule has 1 aliphatic carbocycles. The summed E-state index contributed by atoms with van der Waals surface area (Å²) in [6.07, 6.45) is 16.7. The molecule has 0 spiro atoms. The lowest BCUT2D eigenvalue weighted by molar-refractivity contribution is 0.192. The van der Waals surface area contributed by atoms with Crippen LogP contribution in [0, 0.1) is 0 Å². The maximum absolute atomic E-state index is 4.83. The second-order valence-electron chi connectivity index (χ2n) is 6.11. The topological polar surface area (TPSA) is 30.9 Å². The van der Waals surface area contributed by atoms with Crippen molar-refractivity contribution >= 4 is 5.84 Å². The second-order valence-corrected chi connectivity index (χ2v) is 6.11. The van der Waals surface area contributed by atoms with Gasteiger partial charge in [0.2, 0.25) is 0 Å². The van der Waals surface area contributed by atoms with Crippen molar-refractivity contribution in [1.29, 1.82) is 0 Å². The zero-order valence-electron chi connectivity index (χ0n) is 13.1. The molecule has 2 atom stereocenters. The molecule has 4 heteroatoms. The minimum absolute atomic E-state index is 0.110. The lowest BCUT2D eigenvalue weighted by atomic mass is 9.87. The molecule has 0 bridgehead atoms. The Morgan fingerprint density at radius 1 is 1.43 bits per heavy atom. The molecule has 0 unspecified atom stereocenters. The Balaban J connectivity index is 1.66. The van der Waals surface area contributed by atoms with Gasteiger partial charge in [0.15, 0.2) is 0 Å². The highest BCUT2D eigenvalue weighted by Crippen LogP contribution is 2.30. The molecule has 3 aliphatic rings. The summed E-state index contributed by atoms with van der Waals surface area (Å²) < 4.78 is 0. The van der Waals surface area contributed by atoms with Gasteiger partial charge in [-0.1, -0.05) is 31.2 Å². The van der Waals surface area contributed by atoms with Crippen molar-refractivity contribution in [1.82, 2.24) is 15.1 Å². The van der Waals surface area contributed by atoms with Gasteiger partial charge in [-0.05, 0) is 32.4 Å². The number of aliphatic imine (C=N–C) groups is 1. The van der Waals surface area contributed by atoms with Gasteiger partial charge in [0, 0.05) is 25.3 Å². The third-order valence-corrected chi connectivity index (χ3v) is 5.02. The van der Waals surface area contributed by atoms with E-state index in [1.54, 1.807) is 0 Å². The normalized spacial score (nSPS) is 31.9. The molecule has 0 aromatic rings. The molecule has 3 rings (SSSR count). The molecular formula is C17H26N4. The Morgan fingerprint density at radius 3 is 2.90 bits per heavy atom. The van der Waals surface area contributed by atoms with Crippen LogP contribution in [0.25, 0.3) is 0 Å². The fraction of sp³-hybridized carbons (Fsp3) is 0.588. The Labute approximate surface area is 127 Å². The van der Waals surface area contributed by atoms with Crippen molar-refractivity contribution in [2.75, 3.05) is 26.8 Å². The SMILES string of the molecule is CC[C@]1(N2C=CC(N3CC[C@@H](NC)C3)=NC2)C=CC=CC1. The third-order valence-electron chi connectivity index (χ3n) is 5.02. The highest BCUT2D eigenvalue weighted by Gasteiger charge is 2.32. The van der Waals surface area contributed by atoms with E-state index in [1.165, 1.54) is 6.42 Å². The summed E-state index contributed by atoms with van der Waals surface area (Å²) in [5.74, 6) is 1.14. The summed E-state index contributed by atoms with van der Waals surface area (Å²) in [4.78, 5) is 9.60. The zero-order valence-corrected chi connectivity index (χ0v) is 13.1. The number of nitrogens with one attached hydrogen (secondary N) is 1. The molecular weight excluding hydrogens is 260 g/mol. The Morgan fingerprint density at radius 2 is 2.33 bits per heavy atom. The van der Waals surface area contributed by atoms with Gasteiger partial charge in [0.1, 0.15) is 12.5 Å². The maximum Gasteiger partial charge on any atom is 0.127 e. The first-order chi connectivity index (χ1) is 10.3. The average Bonchev–Trinajstić information content (AvgIpc) is 3.05. The monoisotopic (exact) mass is 286 g/mol.